The molecule has 3 heterocycles. The predicted octanol–water partition coefficient (Wildman–Crippen LogP) is -0.973. The third-order valence-corrected chi connectivity index (χ3v) is 19.0. The van der Waals surface area contributed by atoms with Crippen molar-refractivity contribution in [1.29, 1.82) is 0 Å². The molecule has 8 rings (SSSR count). The average Bonchev–Trinajstić information content (AvgIpc) is 3.81. The number of rotatable bonds is 12. The molecule has 0 aromatic rings. The van der Waals surface area contributed by atoms with Gasteiger partial charge < -0.3 is 89.7 Å². The van der Waals surface area contributed by atoms with Gasteiger partial charge in [0.05, 0.1) is 49.8 Å². The van der Waals surface area contributed by atoms with Gasteiger partial charge in [0, 0.05) is 0 Å². The van der Waals surface area contributed by atoms with E-state index in [-0.39, 0.29) is 47.7 Å². The second-order valence-electron chi connectivity index (χ2n) is 23.1. The summed E-state index contributed by atoms with van der Waals surface area (Å²) >= 11 is 0. The zero-order valence-corrected chi connectivity index (χ0v) is 38.4. The first-order chi connectivity index (χ1) is 29.8. The van der Waals surface area contributed by atoms with Gasteiger partial charge in [-0.2, -0.15) is 0 Å². The van der Waals surface area contributed by atoms with Crippen molar-refractivity contribution in [3.05, 3.63) is 0 Å². The Hall–Kier alpha value is -0.720. The lowest BCUT2D eigenvalue weighted by atomic mass is 9.41. The maximum absolute atomic E-state index is 12.5. The SMILES string of the molecule is C[C@H](CC[C@H](O[C@@H]1OC[C@@H](O)[C@H](O)[C@H]1O)C(C)(C)O)[C@H]1[C@@H](O[C@@H]2O[C@H](CO)[C@@H](O)[C@H](O)[C@H]2O)C[C@@]2(C)[C@@H]3C[C@H](O)[C@H]4C(C)(C)[C@@H](O[C@@H]5OC[C@@H](O)[C@H](O)[C@H]5O)CC[C@@]45C[C@@]35CC[C@]12C. The molecule has 8 aliphatic rings. The average molecular weight is 919 g/mol. The number of hydrogen-bond acceptors (Lipinski definition) is 18. The van der Waals surface area contributed by atoms with Gasteiger partial charge in [-0.25, -0.2) is 0 Å². The van der Waals surface area contributed by atoms with E-state index in [0.717, 1.165) is 25.7 Å². The predicted molar refractivity (Wildman–Crippen MR) is 222 cm³/mol. The molecule has 3 aliphatic heterocycles. The van der Waals surface area contributed by atoms with Gasteiger partial charge in [0.25, 0.3) is 0 Å². The summed E-state index contributed by atoms with van der Waals surface area (Å²) < 4.78 is 36.6. The van der Waals surface area contributed by atoms with Crippen LogP contribution in [0.25, 0.3) is 0 Å². The van der Waals surface area contributed by atoms with E-state index in [9.17, 15) is 61.3 Å². The van der Waals surface area contributed by atoms with Crippen molar-refractivity contribution in [2.45, 2.75) is 216 Å². The summed E-state index contributed by atoms with van der Waals surface area (Å²) in [5.41, 5.74) is -3.05. The van der Waals surface area contributed by atoms with Crippen molar-refractivity contribution >= 4 is 0 Å². The molecule has 0 aromatic carbocycles. The zero-order chi connectivity index (χ0) is 46.9. The number of fused-ring (bicyclic) bond motifs is 2. The van der Waals surface area contributed by atoms with Crippen LogP contribution in [-0.2, 0) is 28.4 Å². The lowest BCUT2D eigenvalue weighted by Gasteiger charge is -2.64. The Labute approximate surface area is 375 Å². The summed E-state index contributed by atoms with van der Waals surface area (Å²) in [5.74, 6) is -0.382. The standard InChI is InChI=1S/C46H78O18/c1-20(8-9-28(42(4,5)58)64-39-35(56)31(52)23(50)18-60-39)29-24(61-40-36(57)33(54)32(53)25(16-47)62-40)15-44(7)26-14-21(48)37-41(2,3)27(63-38-34(55)30(51)22(49)17-59-38)10-11-46(37)19-45(26,46)13-12-43(29,44)6/h20-40,47-58H,8-19H2,1-7H3/t20-,21+,22-,23-,24+,25-,26+,27+,28+,29+,30+,31+,32-,33+,34-,35-,36-,37+,38+,39+,40-,43-,44+,45+,46-/m1/s1. The van der Waals surface area contributed by atoms with Crippen molar-refractivity contribution in [1.82, 2.24) is 0 Å². The number of ether oxygens (including phenoxy) is 6. The van der Waals surface area contributed by atoms with Crippen molar-refractivity contribution < 1.29 is 89.7 Å². The van der Waals surface area contributed by atoms with Crippen LogP contribution in [0.3, 0.4) is 0 Å². The van der Waals surface area contributed by atoms with Crippen molar-refractivity contribution in [3.63, 3.8) is 0 Å². The minimum atomic E-state index is -1.63. The maximum atomic E-state index is 12.5. The van der Waals surface area contributed by atoms with Crippen LogP contribution in [0, 0.1) is 50.7 Å². The third-order valence-electron chi connectivity index (χ3n) is 19.0. The molecule has 12 N–H and O–H groups in total. The van der Waals surface area contributed by atoms with Gasteiger partial charge in [-0.05, 0) is 122 Å². The van der Waals surface area contributed by atoms with Crippen LogP contribution in [0.5, 0.6) is 0 Å². The van der Waals surface area contributed by atoms with E-state index in [0.29, 0.717) is 32.1 Å². The lowest BCUT2D eigenvalue weighted by Crippen LogP contribution is -2.62. The van der Waals surface area contributed by atoms with E-state index in [2.05, 4.69) is 34.6 Å². The first kappa shape index (κ1) is 49.7. The normalized spacial score (nSPS) is 54.5. The van der Waals surface area contributed by atoms with Gasteiger partial charge in [-0.1, -0.05) is 34.6 Å². The highest BCUT2D eigenvalue weighted by molar-refractivity contribution is 5.32. The lowest BCUT2D eigenvalue weighted by molar-refractivity contribution is -0.315. The molecule has 5 saturated carbocycles. The summed E-state index contributed by atoms with van der Waals surface area (Å²) in [7, 11) is 0. The van der Waals surface area contributed by atoms with Gasteiger partial charge in [0.15, 0.2) is 18.9 Å². The summed E-state index contributed by atoms with van der Waals surface area (Å²) in [6.07, 6.45) is -14.6. The highest BCUT2D eigenvalue weighted by Gasteiger charge is 2.84. The van der Waals surface area contributed by atoms with E-state index in [4.69, 9.17) is 28.4 Å². The molecule has 3 saturated heterocycles. The zero-order valence-electron chi connectivity index (χ0n) is 38.4. The van der Waals surface area contributed by atoms with Crippen molar-refractivity contribution in [2.24, 2.45) is 50.7 Å². The van der Waals surface area contributed by atoms with Crippen molar-refractivity contribution in [2.75, 3.05) is 19.8 Å². The van der Waals surface area contributed by atoms with Crippen LogP contribution < -0.4 is 0 Å². The Morgan fingerprint density at radius 1 is 0.672 bits per heavy atom. The molecule has 0 radical (unpaired) electrons. The molecule has 18 nitrogen and oxygen atoms in total. The largest absolute Gasteiger partial charge is 0.394 e. The van der Waals surface area contributed by atoms with Crippen LogP contribution in [-0.4, -0.2) is 191 Å². The van der Waals surface area contributed by atoms with Crippen molar-refractivity contribution in [3.8, 4) is 0 Å². The van der Waals surface area contributed by atoms with Crippen LogP contribution in [0.1, 0.15) is 106 Å². The number of aliphatic hydroxyl groups is 12. The van der Waals surface area contributed by atoms with Gasteiger partial charge in [0.1, 0.15) is 61.0 Å². The Morgan fingerprint density at radius 2 is 1.28 bits per heavy atom. The molecule has 0 bridgehead atoms. The molecule has 0 unspecified atom stereocenters. The highest BCUT2D eigenvalue weighted by Crippen LogP contribution is 2.89. The first-order valence-electron chi connectivity index (χ1n) is 23.8. The summed E-state index contributed by atoms with van der Waals surface area (Å²) in [4.78, 5) is 0. The van der Waals surface area contributed by atoms with E-state index in [1.165, 1.54) is 0 Å². The summed E-state index contributed by atoms with van der Waals surface area (Å²) in [5, 5.41) is 129. The molecule has 0 amide bonds. The first-order valence-corrected chi connectivity index (χ1v) is 23.8. The van der Waals surface area contributed by atoms with E-state index >= 15 is 0 Å². The van der Waals surface area contributed by atoms with Gasteiger partial charge in [-0.3, -0.25) is 0 Å². The fraction of sp³-hybridized carbons (Fsp3) is 1.00. The molecule has 2 spiro atoms. The molecule has 5 aliphatic carbocycles. The summed E-state index contributed by atoms with van der Waals surface area (Å²) in [6.45, 7) is 13.1. The van der Waals surface area contributed by atoms with E-state index in [1.54, 1.807) is 13.8 Å². The van der Waals surface area contributed by atoms with Gasteiger partial charge in [-0.15, -0.1) is 0 Å². The molecule has 8 fully saturated rings. The third kappa shape index (κ3) is 7.68. The highest BCUT2D eigenvalue weighted by atomic mass is 16.7. The number of aliphatic hydroxyl groups excluding tert-OH is 11. The molecule has 64 heavy (non-hydrogen) atoms. The smallest absolute Gasteiger partial charge is 0.186 e. The van der Waals surface area contributed by atoms with Crippen LogP contribution in [0.2, 0.25) is 0 Å². The quantitative estimate of drug-likeness (QED) is 0.105. The Morgan fingerprint density at radius 3 is 1.91 bits per heavy atom. The van der Waals surface area contributed by atoms with Crippen LogP contribution >= 0.6 is 0 Å². The molecule has 25 atom stereocenters. The second kappa shape index (κ2) is 17.3. The number of hydrogen-bond donors (Lipinski definition) is 12. The van der Waals surface area contributed by atoms with Crippen LogP contribution in [0.15, 0.2) is 0 Å². The summed E-state index contributed by atoms with van der Waals surface area (Å²) in [6, 6.07) is 0. The van der Waals surface area contributed by atoms with E-state index in [1.807, 2.05) is 0 Å². The second-order valence-corrected chi connectivity index (χ2v) is 23.1. The molecule has 18 heteroatoms. The minimum absolute atomic E-state index is 0.0654. The monoisotopic (exact) mass is 919 g/mol. The Kier molecular flexibility index (Phi) is 13.4. The maximum Gasteiger partial charge on any atom is 0.186 e. The van der Waals surface area contributed by atoms with Gasteiger partial charge >= 0.3 is 0 Å². The topological polar surface area (TPSA) is 298 Å². The Balaban J connectivity index is 1.07. The Bertz CT molecular complexity index is 1650. The fourth-order valence-electron chi connectivity index (χ4n) is 15.5. The molecule has 370 valence electrons. The van der Waals surface area contributed by atoms with Crippen LogP contribution in [0.4, 0.5) is 0 Å². The van der Waals surface area contributed by atoms with Gasteiger partial charge in [0.2, 0.25) is 0 Å². The molecular weight excluding hydrogens is 840 g/mol. The molecular formula is C46H78O18. The fourth-order valence-corrected chi connectivity index (χ4v) is 15.5. The minimum Gasteiger partial charge on any atom is -0.394 e. The van der Waals surface area contributed by atoms with E-state index < -0.39 is 133 Å². The molecule has 0 aromatic heterocycles.